The number of fused-ring (bicyclic) bond motifs is 1. The lowest BCUT2D eigenvalue weighted by Gasteiger charge is -2.42. The molecule has 2 aliphatic carbocycles. The first-order chi connectivity index (χ1) is 13.0. The normalized spacial score (nSPS) is 23.0. The van der Waals surface area contributed by atoms with E-state index in [1.165, 1.54) is 12.8 Å². The van der Waals surface area contributed by atoms with Crippen molar-refractivity contribution in [1.29, 1.82) is 0 Å². The second kappa shape index (κ2) is 7.26. The molecular formula is C19H25N3O5. The van der Waals surface area contributed by atoms with Crippen LogP contribution in [0.25, 0.3) is 0 Å². The Hall–Kier alpha value is -2.48. The summed E-state index contributed by atoms with van der Waals surface area (Å²) in [5, 5.41) is 14.9. The Bertz CT molecular complexity index is 743. The number of anilines is 1. The van der Waals surface area contributed by atoms with Gasteiger partial charge in [0.25, 0.3) is 0 Å². The first kappa shape index (κ1) is 17.9. The molecular weight excluding hydrogens is 350 g/mol. The van der Waals surface area contributed by atoms with E-state index in [0.717, 1.165) is 24.9 Å². The van der Waals surface area contributed by atoms with Crippen molar-refractivity contribution in [3.05, 3.63) is 17.7 Å². The van der Waals surface area contributed by atoms with Crippen LogP contribution in [-0.2, 0) is 4.79 Å². The Morgan fingerprint density at radius 1 is 1.22 bits per heavy atom. The summed E-state index contributed by atoms with van der Waals surface area (Å²) in [5.41, 5.74) is 1.59. The standard InChI is InChI=1S/C19H25N3O5/c1-11-4-16-17(27-10-26-16)7-15(11)21-19(25)20-13-5-14(6-13)22(9-18(23)24)8-12-2-3-12/h4,7,12-14H,2-3,5-6,8-10H2,1H3,(H,23,24)(H2,20,21,25). The summed E-state index contributed by atoms with van der Waals surface area (Å²) in [5.74, 6) is 1.18. The highest BCUT2D eigenvalue weighted by atomic mass is 16.7. The molecule has 3 N–H and O–H groups in total. The zero-order chi connectivity index (χ0) is 19.0. The number of rotatable bonds is 7. The third-order valence-corrected chi connectivity index (χ3v) is 5.46. The van der Waals surface area contributed by atoms with Crippen LogP contribution in [0.3, 0.4) is 0 Å². The van der Waals surface area contributed by atoms with Gasteiger partial charge in [0.2, 0.25) is 6.79 Å². The highest BCUT2D eigenvalue weighted by Crippen LogP contribution is 2.37. The smallest absolute Gasteiger partial charge is 0.319 e. The van der Waals surface area contributed by atoms with Crippen LogP contribution in [0.2, 0.25) is 0 Å². The van der Waals surface area contributed by atoms with E-state index in [2.05, 4.69) is 15.5 Å². The lowest BCUT2D eigenvalue weighted by atomic mass is 9.85. The molecule has 1 heterocycles. The second-order valence-electron chi connectivity index (χ2n) is 7.71. The van der Waals surface area contributed by atoms with Crippen molar-refractivity contribution >= 4 is 17.7 Å². The van der Waals surface area contributed by atoms with Crippen LogP contribution in [0.4, 0.5) is 10.5 Å². The molecule has 8 nitrogen and oxygen atoms in total. The van der Waals surface area contributed by atoms with Gasteiger partial charge in [0.1, 0.15) is 0 Å². The van der Waals surface area contributed by atoms with Gasteiger partial charge in [-0.2, -0.15) is 0 Å². The summed E-state index contributed by atoms with van der Waals surface area (Å²) in [6.07, 6.45) is 3.96. The topological polar surface area (TPSA) is 100 Å². The van der Waals surface area contributed by atoms with Crippen molar-refractivity contribution in [2.45, 2.75) is 44.7 Å². The molecule has 1 aromatic rings. The Morgan fingerprint density at radius 3 is 2.59 bits per heavy atom. The predicted molar refractivity (Wildman–Crippen MR) is 98.2 cm³/mol. The van der Waals surface area contributed by atoms with Crippen LogP contribution >= 0.6 is 0 Å². The molecule has 27 heavy (non-hydrogen) atoms. The van der Waals surface area contributed by atoms with E-state index in [1.54, 1.807) is 6.07 Å². The van der Waals surface area contributed by atoms with Gasteiger partial charge in [0, 0.05) is 30.4 Å². The van der Waals surface area contributed by atoms with Crippen molar-refractivity contribution in [2.75, 3.05) is 25.2 Å². The number of carbonyl (C=O) groups is 2. The van der Waals surface area contributed by atoms with Crippen LogP contribution in [0, 0.1) is 12.8 Å². The molecule has 0 aromatic heterocycles. The molecule has 4 rings (SSSR count). The molecule has 2 fully saturated rings. The third kappa shape index (κ3) is 4.27. The summed E-state index contributed by atoms with van der Waals surface area (Å²) in [6.45, 7) is 3.03. The zero-order valence-corrected chi connectivity index (χ0v) is 15.4. The van der Waals surface area contributed by atoms with Crippen molar-refractivity contribution in [3.8, 4) is 11.5 Å². The van der Waals surface area contributed by atoms with E-state index in [1.807, 2.05) is 13.0 Å². The van der Waals surface area contributed by atoms with E-state index in [0.29, 0.717) is 23.1 Å². The minimum atomic E-state index is -0.789. The number of carboxylic acids is 1. The van der Waals surface area contributed by atoms with Crippen LogP contribution < -0.4 is 20.1 Å². The van der Waals surface area contributed by atoms with Gasteiger partial charge in [-0.1, -0.05) is 0 Å². The summed E-state index contributed by atoms with van der Waals surface area (Å²) in [7, 11) is 0. The van der Waals surface area contributed by atoms with E-state index < -0.39 is 5.97 Å². The second-order valence-corrected chi connectivity index (χ2v) is 7.71. The molecule has 0 saturated heterocycles. The maximum atomic E-state index is 12.3. The highest BCUT2D eigenvalue weighted by Gasteiger charge is 2.37. The number of urea groups is 1. The van der Waals surface area contributed by atoms with E-state index in [9.17, 15) is 9.59 Å². The predicted octanol–water partition coefficient (Wildman–Crippen LogP) is 2.17. The van der Waals surface area contributed by atoms with Gasteiger partial charge in [-0.05, 0) is 50.2 Å². The quantitative estimate of drug-likeness (QED) is 0.675. The first-order valence-corrected chi connectivity index (χ1v) is 9.41. The van der Waals surface area contributed by atoms with Gasteiger partial charge in [0.05, 0.1) is 6.54 Å². The molecule has 0 unspecified atom stereocenters. The Morgan fingerprint density at radius 2 is 1.93 bits per heavy atom. The minimum Gasteiger partial charge on any atom is -0.480 e. The fourth-order valence-corrected chi connectivity index (χ4v) is 3.67. The largest absolute Gasteiger partial charge is 0.480 e. The van der Waals surface area contributed by atoms with Gasteiger partial charge in [-0.25, -0.2) is 4.79 Å². The number of benzene rings is 1. The average Bonchev–Trinajstić information content (AvgIpc) is 3.26. The van der Waals surface area contributed by atoms with Gasteiger partial charge < -0.3 is 25.2 Å². The number of hydrogen-bond acceptors (Lipinski definition) is 5. The van der Waals surface area contributed by atoms with Crippen LogP contribution in [0.5, 0.6) is 11.5 Å². The van der Waals surface area contributed by atoms with E-state index >= 15 is 0 Å². The SMILES string of the molecule is Cc1cc2c(cc1NC(=O)NC1CC(N(CC(=O)O)CC3CC3)C1)OCO2. The fourth-order valence-electron chi connectivity index (χ4n) is 3.67. The Balaban J connectivity index is 1.27. The van der Waals surface area contributed by atoms with E-state index in [-0.39, 0.29) is 31.5 Å². The number of carboxylic acid groups (broad SMARTS) is 1. The molecule has 0 spiro atoms. The van der Waals surface area contributed by atoms with Gasteiger partial charge in [0.15, 0.2) is 11.5 Å². The number of nitrogens with one attached hydrogen (secondary N) is 2. The Kier molecular flexibility index (Phi) is 4.82. The number of ether oxygens (including phenoxy) is 2. The monoisotopic (exact) mass is 375 g/mol. The van der Waals surface area contributed by atoms with Gasteiger partial charge >= 0.3 is 12.0 Å². The molecule has 0 bridgehead atoms. The number of carbonyl (C=O) groups excluding carboxylic acids is 1. The summed E-state index contributed by atoms with van der Waals surface area (Å²) >= 11 is 0. The minimum absolute atomic E-state index is 0.0693. The number of aliphatic carboxylic acids is 1. The average molecular weight is 375 g/mol. The summed E-state index contributed by atoms with van der Waals surface area (Å²) < 4.78 is 10.7. The van der Waals surface area contributed by atoms with Gasteiger partial charge in [-0.15, -0.1) is 0 Å². The lowest BCUT2D eigenvalue weighted by Crippen LogP contribution is -2.55. The zero-order valence-electron chi connectivity index (χ0n) is 15.4. The number of hydrogen-bond donors (Lipinski definition) is 3. The maximum absolute atomic E-state index is 12.3. The maximum Gasteiger partial charge on any atom is 0.319 e. The third-order valence-electron chi connectivity index (χ3n) is 5.46. The molecule has 146 valence electrons. The van der Waals surface area contributed by atoms with Gasteiger partial charge in [-0.3, -0.25) is 9.69 Å². The highest BCUT2D eigenvalue weighted by molar-refractivity contribution is 5.91. The molecule has 8 heteroatoms. The van der Waals surface area contributed by atoms with Crippen molar-refractivity contribution in [3.63, 3.8) is 0 Å². The first-order valence-electron chi connectivity index (χ1n) is 9.41. The Labute approximate surface area is 157 Å². The molecule has 1 aliphatic heterocycles. The summed E-state index contributed by atoms with van der Waals surface area (Å²) in [4.78, 5) is 25.5. The molecule has 1 aromatic carbocycles. The number of nitrogens with zero attached hydrogens (tertiary/aromatic N) is 1. The number of aryl methyl sites for hydroxylation is 1. The molecule has 0 radical (unpaired) electrons. The molecule has 0 atom stereocenters. The lowest BCUT2D eigenvalue weighted by molar-refractivity contribution is -0.139. The fraction of sp³-hybridized carbons (Fsp3) is 0.579. The van der Waals surface area contributed by atoms with Crippen LogP contribution in [0.1, 0.15) is 31.2 Å². The van der Waals surface area contributed by atoms with Crippen molar-refractivity contribution < 1.29 is 24.2 Å². The molecule has 3 aliphatic rings. The molecule has 2 amide bonds. The van der Waals surface area contributed by atoms with E-state index in [4.69, 9.17) is 14.6 Å². The van der Waals surface area contributed by atoms with Crippen molar-refractivity contribution in [1.82, 2.24) is 10.2 Å². The van der Waals surface area contributed by atoms with Crippen LogP contribution in [-0.4, -0.2) is 54.0 Å². The van der Waals surface area contributed by atoms with Crippen LogP contribution in [0.15, 0.2) is 12.1 Å². The molecule has 2 saturated carbocycles. The summed E-state index contributed by atoms with van der Waals surface area (Å²) in [6, 6.07) is 3.66. The number of amides is 2. The van der Waals surface area contributed by atoms with Crippen molar-refractivity contribution in [2.24, 2.45) is 5.92 Å².